The fourth-order valence-corrected chi connectivity index (χ4v) is 2.85. The first kappa shape index (κ1) is 16.9. The van der Waals surface area contributed by atoms with E-state index in [-0.39, 0.29) is 18.3 Å². The van der Waals surface area contributed by atoms with E-state index in [9.17, 15) is 0 Å². The summed E-state index contributed by atoms with van der Waals surface area (Å²) >= 11 is 0. The number of rotatable bonds is 7. The first-order valence-corrected chi connectivity index (χ1v) is 8.49. The Bertz CT molecular complexity index is 624. The Morgan fingerprint density at radius 1 is 0.917 bits per heavy atom. The van der Waals surface area contributed by atoms with Crippen LogP contribution in [-0.4, -0.2) is 25.6 Å². The second kappa shape index (κ2) is 8.78. The maximum absolute atomic E-state index is 6.10. The van der Waals surface area contributed by atoms with Gasteiger partial charge in [-0.2, -0.15) is 0 Å². The zero-order valence-corrected chi connectivity index (χ0v) is 14.0. The minimum Gasteiger partial charge on any atom is -0.374 e. The molecule has 1 aliphatic rings. The molecule has 0 radical (unpaired) electrons. The highest BCUT2D eigenvalue weighted by molar-refractivity contribution is 5.26. The van der Waals surface area contributed by atoms with Gasteiger partial charge in [0.15, 0.2) is 6.29 Å². The molecule has 0 spiro atoms. The summed E-state index contributed by atoms with van der Waals surface area (Å²) in [5, 5.41) is 0. The molecule has 0 fully saturated rings. The quantitative estimate of drug-likeness (QED) is 0.711. The van der Waals surface area contributed by atoms with E-state index < -0.39 is 0 Å². The predicted octanol–water partition coefficient (Wildman–Crippen LogP) is 4.30. The minimum atomic E-state index is -0.271. The van der Waals surface area contributed by atoms with Crippen LogP contribution in [-0.2, 0) is 20.8 Å². The van der Waals surface area contributed by atoms with E-state index in [0.717, 1.165) is 0 Å². The lowest BCUT2D eigenvalue weighted by Crippen LogP contribution is -2.34. The molecule has 126 valence electrons. The van der Waals surface area contributed by atoms with Crippen LogP contribution in [0.15, 0.2) is 72.8 Å². The Balaban J connectivity index is 1.58. The molecule has 0 aromatic heterocycles. The van der Waals surface area contributed by atoms with E-state index in [1.54, 1.807) is 0 Å². The molecule has 0 unspecified atom stereocenters. The Morgan fingerprint density at radius 2 is 1.62 bits per heavy atom. The van der Waals surface area contributed by atoms with Gasteiger partial charge in [-0.05, 0) is 18.1 Å². The Hall–Kier alpha value is -1.94. The third-order valence-electron chi connectivity index (χ3n) is 4.04. The van der Waals surface area contributed by atoms with Crippen LogP contribution in [0.1, 0.15) is 24.0 Å². The van der Waals surface area contributed by atoms with Crippen LogP contribution in [0.2, 0.25) is 0 Å². The third kappa shape index (κ3) is 4.54. The maximum Gasteiger partial charge on any atom is 0.168 e. The highest BCUT2D eigenvalue weighted by atomic mass is 16.7. The lowest BCUT2D eigenvalue weighted by Gasteiger charge is -2.32. The van der Waals surface area contributed by atoms with Crippen LogP contribution in [0.4, 0.5) is 0 Å². The van der Waals surface area contributed by atoms with Crippen molar-refractivity contribution in [3.05, 3.63) is 83.9 Å². The standard InChI is InChI=1S/C21H24O3/c1-2-23-21-20(18-11-7-4-8-12-18)14-13-19(24-21)16-22-15-17-9-5-3-6-10-17/h3-14,19-21H,2,15-16H2,1H3/t19-,20+,21-/m1/s1. The lowest BCUT2D eigenvalue weighted by molar-refractivity contribution is -0.180. The van der Waals surface area contributed by atoms with Gasteiger partial charge < -0.3 is 14.2 Å². The van der Waals surface area contributed by atoms with Crippen molar-refractivity contribution in [3.63, 3.8) is 0 Å². The van der Waals surface area contributed by atoms with Gasteiger partial charge in [-0.15, -0.1) is 0 Å². The Morgan fingerprint density at radius 3 is 2.33 bits per heavy atom. The summed E-state index contributed by atoms with van der Waals surface area (Å²) in [6.07, 6.45) is 3.91. The Kier molecular flexibility index (Phi) is 6.19. The molecule has 1 aliphatic heterocycles. The third-order valence-corrected chi connectivity index (χ3v) is 4.04. The SMILES string of the molecule is CCO[C@@H]1O[C@@H](COCc2ccccc2)C=C[C@H]1c1ccccc1. The van der Waals surface area contributed by atoms with E-state index in [1.165, 1.54) is 11.1 Å². The monoisotopic (exact) mass is 324 g/mol. The average Bonchev–Trinajstić information content (AvgIpc) is 2.64. The van der Waals surface area contributed by atoms with Crippen molar-refractivity contribution in [1.82, 2.24) is 0 Å². The molecule has 3 atom stereocenters. The highest BCUT2D eigenvalue weighted by Gasteiger charge is 2.28. The highest BCUT2D eigenvalue weighted by Crippen LogP contribution is 2.29. The molecule has 0 saturated heterocycles. The molecule has 3 heteroatoms. The summed E-state index contributed by atoms with van der Waals surface area (Å²) in [6.45, 7) is 3.73. The largest absolute Gasteiger partial charge is 0.374 e. The number of ether oxygens (including phenoxy) is 3. The zero-order valence-electron chi connectivity index (χ0n) is 14.0. The van der Waals surface area contributed by atoms with Crippen LogP contribution in [0.5, 0.6) is 0 Å². The van der Waals surface area contributed by atoms with Gasteiger partial charge in [-0.3, -0.25) is 0 Å². The topological polar surface area (TPSA) is 27.7 Å². The summed E-state index contributed by atoms with van der Waals surface area (Å²) in [4.78, 5) is 0. The molecule has 2 aromatic rings. The van der Waals surface area contributed by atoms with Crippen LogP contribution in [0.3, 0.4) is 0 Å². The molecule has 2 aromatic carbocycles. The Labute approximate surface area is 143 Å². The van der Waals surface area contributed by atoms with E-state index in [1.807, 2.05) is 43.3 Å². The van der Waals surface area contributed by atoms with Gasteiger partial charge in [0.25, 0.3) is 0 Å². The predicted molar refractivity (Wildman–Crippen MR) is 94.7 cm³/mol. The summed E-state index contributed by atoms with van der Waals surface area (Å²) < 4.78 is 17.7. The summed E-state index contributed by atoms with van der Waals surface area (Å²) in [5.41, 5.74) is 2.37. The maximum atomic E-state index is 6.10. The van der Waals surface area contributed by atoms with Gasteiger partial charge in [0.1, 0.15) is 6.10 Å². The van der Waals surface area contributed by atoms with Crippen molar-refractivity contribution in [1.29, 1.82) is 0 Å². The van der Waals surface area contributed by atoms with E-state index >= 15 is 0 Å². The average molecular weight is 324 g/mol. The molecule has 0 amide bonds. The number of hydrogen-bond acceptors (Lipinski definition) is 3. The van der Waals surface area contributed by atoms with Gasteiger partial charge in [0.2, 0.25) is 0 Å². The van der Waals surface area contributed by atoms with Crippen molar-refractivity contribution < 1.29 is 14.2 Å². The van der Waals surface area contributed by atoms with Crippen molar-refractivity contribution >= 4 is 0 Å². The molecule has 24 heavy (non-hydrogen) atoms. The van der Waals surface area contributed by atoms with Gasteiger partial charge in [0, 0.05) is 6.61 Å². The molecule has 0 bridgehead atoms. The molecule has 1 heterocycles. The van der Waals surface area contributed by atoms with Gasteiger partial charge >= 0.3 is 0 Å². The first-order chi connectivity index (χ1) is 11.9. The summed E-state index contributed by atoms with van der Waals surface area (Å²) in [5.74, 6) is 0.122. The van der Waals surface area contributed by atoms with Crippen molar-refractivity contribution in [3.8, 4) is 0 Å². The van der Waals surface area contributed by atoms with Crippen molar-refractivity contribution in [2.75, 3.05) is 13.2 Å². The second-order valence-electron chi connectivity index (χ2n) is 5.82. The molecule has 0 aliphatic carbocycles. The lowest BCUT2D eigenvalue weighted by atomic mass is 9.95. The van der Waals surface area contributed by atoms with Gasteiger partial charge in [-0.1, -0.05) is 72.8 Å². The van der Waals surface area contributed by atoms with Crippen LogP contribution < -0.4 is 0 Å². The van der Waals surface area contributed by atoms with E-state index in [2.05, 4.69) is 36.4 Å². The minimum absolute atomic E-state index is 0.0785. The van der Waals surface area contributed by atoms with E-state index in [4.69, 9.17) is 14.2 Å². The molecular formula is C21H24O3. The van der Waals surface area contributed by atoms with Crippen LogP contribution >= 0.6 is 0 Å². The molecule has 0 saturated carbocycles. The smallest absolute Gasteiger partial charge is 0.168 e. The van der Waals surface area contributed by atoms with Crippen LogP contribution in [0.25, 0.3) is 0 Å². The number of hydrogen-bond donors (Lipinski definition) is 0. The fraction of sp³-hybridized carbons (Fsp3) is 0.333. The fourth-order valence-electron chi connectivity index (χ4n) is 2.85. The van der Waals surface area contributed by atoms with Gasteiger partial charge in [0.05, 0.1) is 19.1 Å². The first-order valence-electron chi connectivity index (χ1n) is 8.49. The molecule has 0 N–H and O–H groups in total. The van der Waals surface area contributed by atoms with E-state index in [0.29, 0.717) is 19.8 Å². The van der Waals surface area contributed by atoms with Crippen LogP contribution in [0, 0.1) is 0 Å². The second-order valence-corrected chi connectivity index (χ2v) is 5.82. The molecule has 3 nitrogen and oxygen atoms in total. The molecular weight excluding hydrogens is 300 g/mol. The number of benzene rings is 2. The summed E-state index contributed by atoms with van der Waals surface area (Å²) in [7, 11) is 0. The summed E-state index contributed by atoms with van der Waals surface area (Å²) in [6, 6.07) is 20.5. The zero-order chi connectivity index (χ0) is 16.6. The van der Waals surface area contributed by atoms with Crippen molar-refractivity contribution in [2.45, 2.75) is 31.8 Å². The van der Waals surface area contributed by atoms with Crippen molar-refractivity contribution in [2.24, 2.45) is 0 Å². The normalized spacial score (nSPS) is 23.3. The molecule has 3 rings (SSSR count). The van der Waals surface area contributed by atoms with Gasteiger partial charge in [-0.25, -0.2) is 0 Å².